The molecule has 9 heteroatoms. The first kappa shape index (κ1) is 15.9. The molecule has 1 aromatic heterocycles. The monoisotopic (exact) mass is 288 g/mol. The molecule has 0 aliphatic heterocycles. The van der Waals surface area contributed by atoms with Gasteiger partial charge in [-0.15, -0.1) is 5.10 Å². The topological polar surface area (TPSA) is 94.0 Å². The van der Waals surface area contributed by atoms with Gasteiger partial charge in [0.1, 0.15) is 0 Å². The van der Waals surface area contributed by atoms with E-state index in [0.717, 1.165) is 18.2 Å². The Morgan fingerprint density at radius 2 is 2.32 bits per heavy atom. The first-order chi connectivity index (χ1) is 9.27. The number of thioether (sulfide) groups is 1. The number of tetrazole rings is 1. The summed E-state index contributed by atoms with van der Waals surface area (Å²) in [5.41, 5.74) is 0. The quantitative estimate of drug-likeness (QED) is 0.427. The van der Waals surface area contributed by atoms with Crippen molar-refractivity contribution in [3.63, 3.8) is 0 Å². The van der Waals surface area contributed by atoms with Gasteiger partial charge >= 0.3 is 0 Å². The van der Waals surface area contributed by atoms with Gasteiger partial charge in [0.05, 0.1) is 13.2 Å². The highest BCUT2D eigenvalue weighted by molar-refractivity contribution is 7.99. The van der Waals surface area contributed by atoms with Crippen LogP contribution in [0.3, 0.4) is 0 Å². The number of rotatable bonds is 10. The van der Waals surface area contributed by atoms with Gasteiger partial charge in [0.2, 0.25) is 11.1 Å². The molecular formula is C10H20N6O2S. The smallest absolute Gasteiger partial charge is 0.220 e. The Kier molecular flexibility index (Phi) is 8.10. The van der Waals surface area contributed by atoms with Crippen LogP contribution in [0, 0.1) is 0 Å². The highest BCUT2D eigenvalue weighted by atomic mass is 32.2. The maximum absolute atomic E-state index is 11.1. The van der Waals surface area contributed by atoms with Gasteiger partial charge in [-0.1, -0.05) is 11.8 Å². The molecule has 1 heterocycles. The second-order valence-electron chi connectivity index (χ2n) is 3.70. The van der Waals surface area contributed by atoms with Crippen molar-refractivity contribution in [2.24, 2.45) is 0 Å². The molecule has 1 rings (SSSR count). The molecule has 1 amide bonds. The number of aromatic nitrogens is 4. The number of nitrogens with one attached hydrogen (secondary N) is 2. The summed E-state index contributed by atoms with van der Waals surface area (Å²) in [6.07, 6.45) is 0.458. The Hall–Kier alpha value is -1.19. The fourth-order valence-electron chi connectivity index (χ4n) is 1.28. The first-order valence-corrected chi connectivity index (χ1v) is 7.05. The lowest BCUT2D eigenvalue weighted by Crippen LogP contribution is -2.24. The second kappa shape index (κ2) is 9.70. The Morgan fingerprint density at radius 1 is 1.47 bits per heavy atom. The average Bonchev–Trinajstić information content (AvgIpc) is 2.86. The number of methoxy groups -OCH3 is 1. The van der Waals surface area contributed by atoms with E-state index in [-0.39, 0.29) is 5.91 Å². The van der Waals surface area contributed by atoms with Crippen LogP contribution in [-0.2, 0) is 16.1 Å². The van der Waals surface area contributed by atoms with Crippen molar-refractivity contribution in [1.29, 1.82) is 0 Å². The van der Waals surface area contributed by atoms with Crippen LogP contribution in [0.5, 0.6) is 0 Å². The van der Waals surface area contributed by atoms with Gasteiger partial charge in [0.25, 0.3) is 0 Å². The number of ether oxygens (including phenoxy) is 1. The summed E-state index contributed by atoms with van der Waals surface area (Å²) in [6.45, 7) is 2.96. The van der Waals surface area contributed by atoms with Gasteiger partial charge in [-0.2, -0.15) is 0 Å². The average molecular weight is 288 g/mol. The summed E-state index contributed by atoms with van der Waals surface area (Å²) >= 11 is 1.48. The fraction of sp³-hybridized carbons (Fsp3) is 0.800. The summed E-state index contributed by atoms with van der Waals surface area (Å²) in [5.74, 6) is 0.685. The Bertz CT molecular complexity index is 373. The summed E-state index contributed by atoms with van der Waals surface area (Å²) in [4.78, 5) is 11.1. The lowest BCUT2D eigenvalue weighted by molar-refractivity contribution is -0.120. The van der Waals surface area contributed by atoms with Crippen LogP contribution in [-0.4, -0.2) is 65.7 Å². The minimum atomic E-state index is 0.0211. The molecule has 0 saturated heterocycles. The van der Waals surface area contributed by atoms with E-state index in [4.69, 9.17) is 4.74 Å². The molecule has 0 radical (unpaired) electrons. The maximum Gasteiger partial charge on any atom is 0.220 e. The predicted molar refractivity (Wildman–Crippen MR) is 72.0 cm³/mol. The summed E-state index contributed by atoms with van der Waals surface area (Å²) in [6, 6.07) is 0. The van der Waals surface area contributed by atoms with Gasteiger partial charge in [0, 0.05) is 39.4 Å². The van der Waals surface area contributed by atoms with Gasteiger partial charge in [-0.3, -0.25) is 4.79 Å². The van der Waals surface area contributed by atoms with E-state index in [9.17, 15) is 4.79 Å². The molecule has 0 spiro atoms. The Balaban J connectivity index is 2.24. The van der Waals surface area contributed by atoms with E-state index in [1.54, 1.807) is 18.8 Å². The molecule has 8 nitrogen and oxygen atoms in total. The fourth-order valence-corrected chi connectivity index (χ4v) is 2.13. The SMILES string of the molecule is CNC(=O)CCSc1nnnn1CCNCCOC. The van der Waals surface area contributed by atoms with Gasteiger partial charge in [0.15, 0.2) is 0 Å². The number of nitrogens with zero attached hydrogens (tertiary/aromatic N) is 4. The molecule has 0 aliphatic carbocycles. The van der Waals surface area contributed by atoms with E-state index >= 15 is 0 Å². The first-order valence-electron chi connectivity index (χ1n) is 6.07. The zero-order valence-corrected chi connectivity index (χ0v) is 12.1. The number of amides is 1. The van der Waals surface area contributed by atoms with E-state index in [1.807, 2.05) is 0 Å². The molecule has 108 valence electrons. The van der Waals surface area contributed by atoms with Crippen molar-refractivity contribution < 1.29 is 9.53 Å². The number of hydrogen-bond acceptors (Lipinski definition) is 7. The normalized spacial score (nSPS) is 10.6. The third-order valence-electron chi connectivity index (χ3n) is 2.32. The molecule has 0 aromatic carbocycles. The summed E-state index contributed by atoms with van der Waals surface area (Å²) in [5, 5.41) is 18.0. The molecule has 0 aliphatic rings. The predicted octanol–water partition coefficient (Wildman–Crippen LogP) is -0.863. The zero-order chi connectivity index (χ0) is 13.9. The maximum atomic E-state index is 11.1. The van der Waals surface area contributed by atoms with Crippen LogP contribution in [0.1, 0.15) is 6.42 Å². The van der Waals surface area contributed by atoms with Gasteiger partial charge in [-0.05, 0) is 10.4 Å². The largest absolute Gasteiger partial charge is 0.383 e. The molecule has 1 aromatic rings. The van der Waals surface area contributed by atoms with E-state index in [0.29, 0.717) is 25.3 Å². The number of carbonyl (C=O) groups is 1. The Morgan fingerprint density at radius 3 is 3.05 bits per heavy atom. The second-order valence-corrected chi connectivity index (χ2v) is 4.76. The van der Waals surface area contributed by atoms with Crippen LogP contribution in [0.25, 0.3) is 0 Å². The molecular weight excluding hydrogens is 268 g/mol. The summed E-state index contributed by atoms with van der Waals surface area (Å²) < 4.78 is 6.67. The minimum absolute atomic E-state index is 0.0211. The van der Waals surface area contributed by atoms with E-state index in [1.165, 1.54) is 11.8 Å². The standard InChI is InChI=1S/C10H20N6O2S/c1-11-9(17)3-8-19-10-13-14-15-16(10)6-4-12-5-7-18-2/h12H,3-8H2,1-2H3,(H,11,17). The van der Waals surface area contributed by atoms with Crippen molar-refractivity contribution in [3.05, 3.63) is 0 Å². The summed E-state index contributed by atoms with van der Waals surface area (Å²) in [7, 11) is 3.30. The number of carbonyl (C=O) groups excluding carboxylic acids is 1. The van der Waals surface area contributed by atoms with Crippen LogP contribution >= 0.6 is 11.8 Å². The van der Waals surface area contributed by atoms with Crippen LogP contribution in [0.4, 0.5) is 0 Å². The highest BCUT2D eigenvalue weighted by Crippen LogP contribution is 2.14. The molecule has 0 bridgehead atoms. The molecule has 0 saturated carbocycles. The number of hydrogen-bond donors (Lipinski definition) is 2. The van der Waals surface area contributed by atoms with Crippen molar-refractivity contribution in [3.8, 4) is 0 Å². The lowest BCUT2D eigenvalue weighted by Gasteiger charge is -2.05. The molecule has 19 heavy (non-hydrogen) atoms. The van der Waals surface area contributed by atoms with Crippen molar-refractivity contribution in [2.45, 2.75) is 18.1 Å². The van der Waals surface area contributed by atoms with Gasteiger partial charge in [-0.25, -0.2) is 4.68 Å². The molecule has 0 atom stereocenters. The molecule has 0 unspecified atom stereocenters. The van der Waals surface area contributed by atoms with Crippen molar-refractivity contribution >= 4 is 17.7 Å². The molecule has 0 fully saturated rings. The lowest BCUT2D eigenvalue weighted by atomic mass is 10.5. The van der Waals surface area contributed by atoms with E-state index in [2.05, 4.69) is 26.2 Å². The van der Waals surface area contributed by atoms with Gasteiger partial charge < -0.3 is 15.4 Å². The zero-order valence-electron chi connectivity index (χ0n) is 11.3. The van der Waals surface area contributed by atoms with Crippen molar-refractivity contribution in [1.82, 2.24) is 30.8 Å². The molecule has 2 N–H and O–H groups in total. The third kappa shape index (κ3) is 6.50. The Labute approximate surface area is 116 Å². The van der Waals surface area contributed by atoms with E-state index < -0.39 is 0 Å². The highest BCUT2D eigenvalue weighted by Gasteiger charge is 2.07. The minimum Gasteiger partial charge on any atom is -0.383 e. The van der Waals surface area contributed by atoms with Crippen molar-refractivity contribution in [2.75, 3.05) is 39.6 Å². The third-order valence-corrected chi connectivity index (χ3v) is 3.28. The van der Waals surface area contributed by atoms with Crippen LogP contribution in [0.15, 0.2) is 5.16 Å². The van der Waals surface area contributed by atoms with Crippen LogP contribution < -0.4 is 10.6 Å². The van der Waals surface area contributed by atoms with Crippen LogP contribution in [0.2, 0.25) is 0 Å².